The Bertz CT molecular complexity index is 2030. The lowest BCUT2D eigenvalue weighted by molar-refractivity contribution is -0.129. The minimum Gasteiger partial charge on any atom is -0.483 e. The molecular weight excluding hydrogens is 733 g/mol. The number of aromatic nitrogens is 6. The molecule has 1 N–H and O–H groups in total. The van der Waals surface area contributed by atoms with Gasteiger partial charge in [0, 0.05) is 99.3 Å². The first-order valence-electron chi connectivity index (χ1n) is 20.4. The quantitative estimate of drug-likeness (QED) is 0.194. The summed E-state index contributed by atoms with van der Waals surface area (Å²) in [4.78, 5) is 36.3. The molecule has 306 valence electrons. The van der Waals surface area contributed by atoms with Crippen molar-refractivity contribution >= 4 is 23.9 Å². The number of aryl methyl sites for hydroxylation is 3. The Balaban J connectivity index is 0.000000949. The number of fused-ring (bicyclic) bond motifs is 2. The van der Waals surface area contributed by atoms with Crippen molar-refractivity contribution in [3.63, 3.8) is 0 Å². The molecule has 0 atom stereocenters. The van der Waals surface area contributed by atoms with E-state index in [-0.39, 0.29) is 30.1 Å². The Labute approximate surface area is 333 Å². The van der Waals surface area contributed by atoms with E-state index in [1.54, 1.807) is 49.5 Å². The molecule has 57 heavy (non-hydrogen) atoms. The summed E-state index contributed by atoms with van der Waals surface area (Å²) >= 11 is 0. The number of amides is 1. The van der Waals surface area contributed by atoms with Crippen molar-refractivity contribution in [2.75, 3.05) is 31.1 Å². The zero-order valence-electron chi connectivity index (χ0n) is 33.7. The van der Waals surface area contributed by atoms with Crippen molar-refractivity contribution in [2.24, 2.45) is 12.5 Å². The lowest BCUT2D eigenvalue weighted by atomic mass is 9.52. The van der Waals surface area contributed by atoms with Crippen LogP contribution in [0.3, 0.4) is 0 Å². The molecule has 1 saturated heterocycles. The van der Waals surface area contributed by atoms with Gasteiger partial charge in [-0.2, -0.15) is 10.2 Å². The highest BCUT2D eigenvalue weighted by Crippen LogP contribution is 2.58. The average molecular weight is 788 g/mol. The van der Waals surface area contributed by atoms with Crippen molar-refractivity contribution in [3.8, 4) is 17.1 Å². The highest BCUT2D eigenvalue weighted by molar-refractivity contribution is 5.78. The van der Waals surface area contributed by atoms with Crippen molar-refractivity contribution in [1.29, 1.82) is 0 Å². The topological polar surface area (TPSA) is 135 Å². The monoisotopic (exact) mass is 787 g/mol. The number of rotatable bonds is 7. The third-order valence-electron chi connectivity index (χ3n) is 12.4. The molecule has 1 spiro atoms. The molecule has 3 aliphatic heterocycles. The van der Waals surface area contributed by atoms with Crippen LogP contribution in [0.15, 0.2) is 36.9 Å². The zero-order valence-corrected chi connectivity index (χ0v) is 33.7. The fourth-order valence-electron chi connectivity index (χ4n) is 9.68. The van der Waals surface area contributed by atoms with Crippen LogP contribution in [0.4, 0.5) is 20.3 Å². The zero-order chi connectivity index (χ0) is 40.4. The van der Waals surface area contributed by atoms with Crippen LogP contribution < -0.4 is 9.64 Å². The van der Waals surface area contributed by atoms with E-state index in [4.69, 9.17) is 19.7 Å². The van der Waals surface area contributed by atoms with Crippen molar-refractivity contribution in [3.05, 3.63) is 64.9 Å². The molecule has 0 radical (unpaired) electrons. The number of anilines is 2. The van der Waals surface area contributed by atoms with Gasteiger partial charge in [0.15, 0.2) is 5.82 Å². The second-order valence-electron chi connectivity index (χ2n) is 16.0. The van der Waals surface area contributed by atoms with Gasteiger partial charge in [-0.05, 0) is 92.5 Å². The Morgan fingerprint density at radius 1 is 1.00 bits per heavy atom. The number of carbonyl (C=O) groups is 2. The number of ether oxygens (including phenoxy) is 1. The molecule has 1 aromatic carbocycles. The highest BCUT2D eigenvalue weighted by Gasteiger charge is 2.55. The number of hydrogen-bond donors (Lipinski definition) is 1. The van der Waals surface area contributed by atoms with Gasteiger partial charge in [-0.25, -0.2) is 18.7 Å². The van der Waals surface area contributed by atoms with Gasteiger partial charge >= 0.3 is 6.01 Å². The first-order chi connectivity index (χ1) is 27.5. The summed E-state index contributed by atoms with van der Waals surface area (Å²) in [7, 11) is 1.80. The predicted molar refractivity (Wildman–Crippen MR) is 212 cm³/mol. The fraction of sp³-hybridized carbons (Fsp3) is 0.571. The molecule has 3 aromatic heterocycles. The number of piperidine rings is 1. The van der Waals surface area contributed by atoms with Gasteiger partial charge in [-0.1, -0.05) is 13.8 Å². The molecule has 2 aliphatic carbocycles. The maximum atomic E-state index is 14.6. The van der Waals surface area contributed by atoms with E-state index in [0.717, 1.165) is 86.2 Å². The van der Waals surface area contributed by atoms with Crippen molar-refractivity contribution in [1.82, 2.24) is 39.3 Å². The Hall–Kier alpha value is -4.92. The van der Waals surface area contributed by atoms with Crippen LogP contribution in [0, 0.1) is 12.3 Å². The van der Waals surface area contributed by atoms with Crippen LogP contribution in [0.25, 0.3) is 11.1 Å². The summed E-state index contributed by atoms with van der Waals surface area (Å²) in [5, 5.41) is 16.5. The van der Waals surface area contributed by atoms with Crippen LogP contribution in [-0.2, 0) is 36.0 Å². The van der Waals surface area contributed by atoms with Gasteiger partial charge in [0.25, 0.3) is 12.9 Å². The van der Waals surface area contributed by atoms with Gasteiger partial charge < -0.3 is 24.5 Å². The lowest BCUT2D eigenvalue weighted by Gasteiger charge is -2.60. The molecule has 3 fully saturated rings. The highest BCUT2D eigenvalue weighted by atomic mass is 19.3. The Morgan fingerprint density at radius 3 is 2.33 bits per heavy atom. The van der Waals surface area contributed by atoms with E-state index >= 15 is 0 Å². The first kappa shape index (κ1) is 40.3. The summed E-state index contributed by atoms with van der Waals surface area (Å²) < 4.78 is 39.2. The smallest absolute Gasteiger partial charge is 0.316 e. The summed E-state index contributed by atoms with van der Waals surface area (Å²) in [6, 6.07) is 4.98. The molecule has 5 aliphatic rings. The van der Waals surface area contributed by atoms with E-state index in [1.165, 1.54) is 18.5 Å². The van der Waals surface area contributed by atoms with Crippen LogP contribution in [0.1, 0.15) is 106 Å². The minimum absolute atomic E-state index is 0.00712. The molecule has 1 amide bonds. The van der Waals surface area contributed by atoms with E-state index in [9.17, 15) is 13.6 Å². The summed E-state index contributed by atoms with van der Waals surface area (Å²) in [6.45, 7) is 11.3. The van der Waals surface area contributed by atoms with E-state index in [0.29, 0.717) is 48.2 Å². The van der Waals surface area contributed by atoms with Gasteiger partial charge in [0.2, 0.25) is 5.91 Å². The standard InChI is InChI=1S/C39H47F2N9O2.C2H6.CH2O2/c1-24-19-42-38(43-20-24)52-30-17-39(18-30)15-29(16-39)47-10-6-28(7-11-47)50-34-8-12-48(25(2)51)23-33(34)37(45-50)49-9-4-5-26-13-31(27-21-44-46(3)22-27)32(36(40)41)14-35(26)49;1-2;2-1-3/h13-14,19-22,28-30,36H,4-12,15-18,23H2,1-3H3;1-2H3;1H,(H,2,3). The molecular formula is C42H55F2N9O4. The van der Waals surface area contributed by atoms with Crippen molar-refractivity contribution < 1.29 is 28.2 Å². The molecule has 0 unspecified atom stereocenters. The first-order valence-corrected chi connectivity index (χ1v) is 20.4. The molecule has 9 rings (SSSR count). The van der Waals surface area contributed by atoms with Crippen LogP contribution in [-0.4, -0.2) is 95.1 Å². The van der Waals surface area contributed by atoms with Crippen LogP contribution >= 0.6 is 0 Å². The molecule has 2 saturated carbocycles. The van der Waals surface area contributed by atoms with Gasteiger partial charge in [-0.3, -0.25) is 19.0 Å². The maximum absolute atomic E-state index is 14.6. The molecule has 13 nitrogen and oxygen atoms in total. The molecule has 0 bridgehead atoms. The largest absolute Gasteiger partial charge is 0.483 e. The summed E-state index contributed by atoms with van der Waals surface area (Å²) in [5.74, 6) is 0.862. The normalized spacial score (nSPS) is 22.9. The number of alkyl halides is 2. The van der Waals surface area contributed by atoms with Gasteiger partial charge in [-0.15, -0.1) is 0 Å². The third-order valence-corrected chi connectivity index (χ3v) is 12.4. The molecule has 15 heteroatoms. The average Bonchev–Trinajstić information content (AvgIpc) is 3.79. The van der Waals surface area contributed by atoms with E-state index < -0.39 is 6.43 Å². The van der Waals surface area contributed by atoms with E-state index in [2.05, 4.69) is 29.5 Å². The number of hydrogen-bond acceptors (Lipinski definition) is 9. The molecule has 4 aromatic rings. The lowest BCUT2D eigenvalue weighted by Crippen LogP contribution is -2.59. The number of likely N-dealkylation sites (tertiary alicyclic amines) is 1. The number of benzene rings is 1. The predicted octanol–water partition coefficient (Wildman–Crippen LogP) is 7.06. The minimum atomic E-state index is -2.63. The van der Waals surface area contributed by atoms with Gasteiger partial charge in [0.05, 0.1) is 18.8 Å². The number of carboxylic acid groups (broad SMARTS) is 1. The summed E-state index contributed by atoms with van der Waals surface area (Å²) in [5.41, 5.74) is 6.76. The third kappa shape index (κ3) is 8.12. The van der Waals surface area contributed by atoms with Crippen LogP contribution in [0.2, 0.25) is 0 Å². The number of halogens is 2. The SMILES string of the molecule is CC.CC(=O)N1CCc2c(c(N3CCCc4cc(-c5cnn(C)c5)c(C(F)F)cc43)nn2C2CCN(C3CC4(CC(Oc5ncc(C)cn5)C4)C3)CC2)C1.O=CO. The van der Waals surface area contributed by atoms with E-state index in [1.807, 2.05) is 31.7 Å². The number of nitrogens with zero attached hydrogens (tertiary/aromatic N) is 9. The summed E-state index contributed by atoms with van der Waals surface area (Å²) in [6.07, 6.45) is 13.7. The van der Waals surface area contributed by atoms with Crippen LogP contribution in [0.5, 0.6) is 6.01 Å². The Kier molecular flexibility index (Phi) is 11.9. The van der Waals surface area contributed by atoms with Gasteiger partial charge in [0.1, 0.15) is 6.10 Å². The van der Waals surface area contributed by atoms with Crippen molar-refractivity contribution in [2.45, 2.75) is 117 Å². The second kappa shape index (κ2) is 16.9. The Morgan fingerprint density at radius 2 is 1.70 bits per heavy atom. The maximum Gasteiger partial charge on any atom is 0.316 e. The number of carbonyl (C=O) groups excluding carboxylic acids is 1. The fourth-order valence-corrected chi connectivity index (χ4v) is 9.68. The molecule has 6 heterocycles. The second-order valence-corrected chi connectivity index (χ2v) is 16.0.